The van der Waals surface area contributed by atoms with Crippen LogP contribution in [0.15, 0.2) is 36.4 Å². The first-order valence-corrected chi connectivity index (χ1v) is 12.0. The maximum atomic E-state index is 10.5. The van der Waals surface area contributed by atoms with Crippen LogP contribution in [-0.4, -0.2) is 36.4 Å². The molecule has 0 amide bonds. The highest BCUT2D eigenvalue weighted by Crippen LogP contribution is 2.38. The van der Waals surface area contributed by atoms with Gasteiger partial charge in [0.15, 0.2) is 0 Å². The van der Waals surface area contributed by atoms with Crippen LogP contribution >= 0.6 is 0 Å². The summed E-state index contributed by atoms with van der Waals surface area (Å²) in [6, 6.07) is 12.2. The Morgan fingerprint density at radius 3 is 1.12 bits per heavy atom. The van der Waals surface area contributed by atoms with Crippen LogP contribution in [-0.2, 0) is 25.7 Å². The Bertz CT molecular complexity index is 1070. The van der Waals surface area contributed by atoms with Gasteiger partial charge >= 0.3 is 0 Å². The molecule has 3 aromatic rings. The van der Waals surface area contributed by atoms with Crippen molar-refractivity contribution in [3.05, 3.63) is 69.8 Å². The molecule has 10 N–H and O–H groups in total. The SMILES string of the molecule is Cc1cc(-c2cc(CCN)c(O)cc2CCN)c(C)cc1-c1cc(CCN)c(O)cc1CCN. The van der Waals surface area contributed by atoms with Crippen molar-refractivity contribution >= 4 is 0 Å². The lowest BCUT2D eigenvalue weighted by Gasteiger charge is -2.20. The van der Waals surface area contributed by atoms with Gasteiger partial charge in [-0.05, 0) is 146 Å². The fourth-order valence-corrected chi connectivity index (χ4v) is 4.69. The lowest BCUT2D eigenvalue weighted by atomic mass is 9.86. The van der Waals surface area contributed by atoms with Crippen molar-refractivity contribution in [2.75, 3.05) is 26.2 Å². The molecule has 3 rings (SSSR count). The first-order valence-electron chi connectivity index (χ1n) is 12.0. The fourth-order valence-electron chi connectivity index (χ4n) is 4.69. The third-order valence-corrected chi connectivity index (χ3v) is 6.42. The van der Waals surface area contributed by atoms with Crippen LogP contribution in [0.2, 0.25) is 0 Å². The van der Waals surface area contributed by atoms with Crippen molar-refractivity contribution in [1.82, 2.24) is 0 Å². The fraction of sp³-hybridized carbons (Fsp3) is 0.357. The van der Waals surface area contributed by atoms with E-state index < -0.39 is 0 Å². The lowest BCUT2D eigenvalue weighted by Crippen LogP contribution is -2.08. The Kier molecular flexibility index (Phi) is 8.69. The van der Waals surface area contributed by atoms with E-state index >= 15 is 0 Å². The van der Waals surface area contributed by atoms with E-state index in [0.29, 0.717) is 51.9 Å². The maximum Gasteiger partial charge on any atom is 0.119 e. The third-order valence-electron chi connectivity index (χ3n) is 6.42. The van der Waals surface area contributed by atoms with E-state index in [2.05, 4.69) is 26.0 Å². The van der Waals surface area contributed by atoms with Crippen LogP contribution in [0, 0.1) is 13.8 Å². The van der Waals surface area contributed by atoms with Crippen LogP contribution in [0.5, 0.6) is 11.5 Å². The number of benzene rings is 3. The number of aromatic hydroxyl groups is 2. The molecule has 0 fully saturated rings. The highest BCUT2D eigenvalue weighted by molar-refractivity contribution is 5.80. The molecule has 6 heteroatoms. The van der Waals surface area contributed by atoms with Gasteiger partial charge in [-0.25, -0.2) is 0 Å². The molecule has 0 saturated heterocycles. The van der Waals surface area contributed by atoms with Gasteiger partial charge in [0, 0.05) is 0 Å². The van der Waals surface area contributed by atoms with E-state index in [1.54, 1.807) is 0 Å². The van der Waals surface area contributed by atoms with Crippen molar-refractivity contribution in [3.8, 4) is 33.8 Å². The van der Waals surface area contributed by atoms with E-state index in [1.165, 1.54) is 0 Å². The monoisotopic (exact) mass is 462 g/mol. The number of aryl methyl sites for hydroxylation is 2. The molecule has 0 saturated carbocycles. The van der Waals surface area contributed by atoms with Crippen LogP contribution in [0.25, 0.3) is 22.3 Å². The Balaban J connectivity index is 2.20. The summed E-state index contributed by atoms with van der Waals surface area (Å²) in [5, 5.41) is 20.9. The van der Waals surface area contributed by atoms with Crippen molar-refractivity contribution in [1.29, 1.82) is 0 Å². The summed E-state index contributed by atoms with van der Waals surface area (Å²) < 4.78 is 0. The highest BCUT2D eigenvalue weighted by atomic mass is 16.3. The van der Waals surface area contributed by atoms with Gasteiger partial charge in [-0.15, -0.1) is 0 Å². The molecule has 0 unspecified atom stereocenters. The lowest BCUT2D eigenvalue weighted by molar-refractivity contribution is 0.467. The van der Waals surface area contributed by atoms with Crippen LogP contribution in [0.3, 0.4) is 0 Å². The topological polar surface area (TPSA) is 145 Å². The van der Waals surface area contributed by atoms with Gasteiger partial charge < -0.3 is 33.1 Å². The second-order valence-corrected chi connectivity index (χ2v) is 8.91. The summed E-state index contributed by atoms with van der Waals surface area (Å²) in [4.78, 5) is 0. The zero-order chi connectivity index (χ0) is 24.8. The molecule has 0 aliphatic rings. The molecular weight excluding hydrogens is 424 g/mol. The zero-order valence-electron chi connectivity index (χ0n) is 20.3. The average Bonchev–Trinajstić information content (AvgIpc) is 2.79. The number of hydrogen-bond acceptors (Lipinski definition) is 6. The van der Waals surface area contributed by atoms with Crippen molar-refractivity contribution in [3.63, 3.8) is 0 Å². The third kappa shape index (κ3) is 5.42. The highest BCUT2D eigenvalue weighted by Gasteiger charge is 2.17. The summed E-state index contributed by atoms with van der Waals surface area (Å²) in [5.74, 6) is 0.540. The number of rotatable bonds is 10. The van der Waals surface area contributed by atoms with Crippen LogP contribution < -0.4 is 22.9 Å². The summed E-state index contributed by atoms with van der Waals surface area (Å²) in [6.45, 7) is 6.14. The molecule has 0 atom stereocenters. The zero-order valence-corrected chi connectivity index (χ0v) is 20.3. The Morgan fingerprint density at radius 1 is 0.471 bits per heavy atom. The van der Waals surface area contributed by atoms with Gasteiger partial charge in [0.1, 0.15) is 11.5 Å². The second kappa shape index (κ2) is 11.5. The molecule has 3 aromatic carbocycles. The van der Waals surface area contributed by atoms with E-state index in [-0.39, 0.29) is 11.5 Å². The van der Waals surface area contributed by atoms with Crippen LogP contribution in [0.1, 0.15) is 33.4 Å². The molecule has 0 heterocycles. The van der Waals surface area contributed by atoms with Crippen molar-refractivity contribution < 1.29 is 10.2 Å². The number of hydrogen-bond donors (Lipinski definition) is 6. The molecule has 182 valence electrons. The number of phenolic OH excluding ortho intramolecular Hbond substituents is 2. The molecule has 0 spiro atoms. The molecule has 6 nitrogen and oxygen atoms in total. The Labute approximate surface area is 202 Å². The predicted octanol–water partition coefficient (Wildman–Crippen LogP) is 3.05. The van der Waals surface area contributed by atoms with Gasteiger partial charge in [0.2, 0.25) is 0 Å². The second-order valence-electron chi connectivity index (χ2n) is 8.91. The van der Waals surface area contributed by atoms with Gasteiger partial charge in [-0.3, -0.25) is 0 Å². The standard InChI is InChI=1S/C28H38N4O2/c1-17-11-24(26-14-22(6-10-32)28(34)16-20(26)4-8-30)18(2)12-23(17)25-13-21(5-9-31)27(33)15-19(25)3-7-29/h11-16,33-34H,3-10,29-32H2,1-2H3. The smallest absolute Gasteiger partial charge is 0.119 e. The van der Waals surface area contributed by atoms with Gasteiger partial charge in [0.25, 0.3) is 0 Å². The average molecular weight is 463 g/mol. The molecule has 34 heavy (non-hydrogen) atoms. The molecule has 0 aromatic heterocycles. The first kappa shape index (κ1) is 25.7. The molecule has 0 aliphatic carbocycles. The van der Waals surface area contributed by atoms with E-state index in [4.69, 9.17) is 22.9 Å². The summed E-state index contributed by atoms with van der Waals surface area (Å²) in [5.41, 5.74) is 33.7. The summed E-state index contributed by atoms with van der Waals surface area (Å²) in [6.07, 6.45) is 2.57. The van der Waals surface area contributed by atoms with E-state index in [0.717, 1.165) is 55.6 Å². The van der Waals surface area contributed by atoms with Gasteiger partial charge in [-0.1, -0.05) is 12.1 Å². The minimum absolute atomic E-state index is 0.270. The normalized spacial score (nSPS) is 11.2. The minimum Gasteiger partial charge on any atom is -0.508 e. The van der Waals surface area contributed by atoms with Crippen LogP contribution in [0.4, 0.5) is 0 Å². The number of phenols is 2. The van der Waals surface area contributed by atoms with Crippen molar-refractivity contribution in [2.45, 2.75) is 39.5 Å². The summed E-state index contributed by atoms with van der Waals surface area (Å²) >= 11 is 0. The largest absolute Gasteiger partial charge is 0.508 e. The Hall–Kier alpha value is -2.90. The molecule has 0 aliphatic heterocycles. The Morgan fingerprint density at radius 2 is 0.794 bits per heavy atom. The van der Waals surface area contributed by atoms with Gasteiger partial charge in [-0.2, -0.15) is 0 Å². The predicted molar refractivity (Wildman–Crippen MR) is 141 cm³/mol. The molecule has 0 bridgehead atoms. The van der Waals surface area contributed by atoms with Gasteiger partial charge in [0.05, 0.1) is 0 Å². The molecule has 0 radical (unpaired) electrons. The molecular formula is C28H38N4O2. The number of nitrogens with two attached hydrogens (primary N) is 4. The quantitative estimate of drug-likeness (QED) is 0.273. The van der Waals surface area contributed by atoms with E-state index in [9.17, 15) is 10.2 Å². The van der Waals surface area contributed by atoms with Crippen molar-refractivity contribution in [2.24, 2.45) is 22.9 Å². The van der Waals surface area contributed by atoms with E-state index in [1.807, 2.05) is 24.3 Å². The minimum atomic E-state index is 0.270. The maximum absolute atomic E-state index is 10.5. The summed E-state index contributed by atoms with van der Waals surface area (Å²) in [7, 11) is 0. The first-order chi connectivity index (χ1) is 16.3.